The Morgan fingerprint density at radius 2 is 0.946 bits per heavy atom. The van der Waals surface area contributed by atoms with Crippen LogP contribution in [0.3, 0.4) is 0 Å². The van der Waals surface area contributed by atoms with E-state index in [0.29, 0.717) is 23.3 Å². The Balaban J connectivity index is 1.66. The summed E-state index contributed by atoms with van der Waals surface area (Å²) < 4.78 is 23.3. The molecule has 2 aromatic rings. The van der Waals surface area contributed by atoms with E-state index in [1.807, 2.05) is 48.5 Å². The van der Waals surface area contributed by atoms with Crippen LogP contribution in [0.4, 0.5) is 0 Å². The molecule has 2 unspecified atom stereocenters. The van der Waals surface area contributed by atoms with Crippen LogP contribution in [-0.2, 0) is 0 Å². The topological polar surface area (TPSA) is 36.9 Å². The first-order valence-corrected chi connectivity index (χ1v) is 14.4. The Morgan fingerprint density at radius 3 is 1.35 bits per heavy atom. The van der Waals surface area contributed by atoms with Crippen molar-refractivity contribution >= 4 is 7.69 Å². The van der Waals surface area contributed by atoms with Gasteiger partial charge in [-0.3, -0.25) is 0 Å². The molecule has 0 N–H and O–H groups in total. The molecule has 0 bridgehead atoms. The molecule has 0 fully saturated rings. The summed E-state index contributed by atoms with van der Waals surface area (Å²) in [7, 11) is 1.35. The molecule has 37 heavy (non-hydrogen) atoms. The average Bonchev–Trinajstić information content (AvgIpc) is 2.84. The predicted octanol–water partition coefficient (Wildman–Crippen LogP) is 9.14. The molecule has 0 saturated heterocycles. The minimum atomic E-state index is 0.678. The molecule has 0 aliphatic rings. The van der Waals surface area contributed by atoms with Crippen LogP contribution in [0.2, 0.25) is 0 Å². The van der Waals surface area contributed by atoms with Gasteiger partial charge in [-0.25, -0.2) is 0 Å². The summed E-state index contributed by atoms with van der Waals surface area (Å²) in [6.07, 6.45) is 9.86. The first-order chi connectivity index (χ1) is 17.8. The van der Waals surface area contributed by atoms with Gasteiger partial charge in [0.2, 0.25) is 0 Å². The second-order valence-electron chi connectivity index (χ2n) is 11.4. The maximum Gasteiger partial charge on any atom is 0.658 e. The summed E-state index contributed by atoms with van der Waals surface area (Å²) in [5.41, 5.74) is 0. The van der Waals surface area contributed by atoms with Crippen LogP contribution in [0.5, 0.6) is 23.0 Å². The lowest BCUT2D eigenvalue weighted by Crippen LogP contribution is -2.11. The zero-order valence-electron chi connectivity index (χ0n) is 24.2. The van der Waals surface area contributed by atoms with Crippen molar-refractivity contribution in [3.63, 3.8) is 0 Å². The Morgan fingerprint density at radius 1 is 0.541 bits per heavy atom. The lowest BCUT2D eigenvalue weighted by Gasteiger charge is -2.14. The van der Waals surface area contributed by atoms with E-state index in [1.54, 1.807) is 0 Å². The minimum absolute atomic E-state index is 0.678. The molecule has 2 atom stereocenters. The molecule has 0 aliphatic heterocycles. The number of hydrogen-bond acceptors (Lipinski definition) is 4. The number of ether oxygens (including phenoxy) is 2. The molecule has 4 nitrogen and oxygen atoms in total. The highest BCUT2D eigenvalue weighted by Crippen LogP contribution is 2.23. The normalized spacial score (nSPS) is 12.9. The van der Waals surface area contributed by atoms with Gasteiger partial charge >= 0.3 is 7.69 Å². The number of hydrogen-bond donors (Lipinski definition) is 0. The van der Waals surface area contributed by atoms with Crippen LogP contribution in [0.25, 0.3) is 0 Å². The van der Waals surface area contributed by atoms with Crippen LogP contribution in [-0.4, -0.2) is 20.9 Å². The third kappa shape index (κ3) is 14.9. The van der Waals surface area contributed by atoms with Crippen LogP contribution in [0.15, 0.2) is 48.5 Å². The maximum absolute atomic E-state index is 5.96. The molecule has 0 amide bonds. The minimum Gasteiger partial charge on any atom is -0.526 e. The summed E-state index contributed by atoms with van der Waals surface area (Å²) in [6.45, 7) is 15.2. The highest BCUT2D eigenvalue weighted by molar-refractivity contribution is 6.20. The van der Waals surface area contributed by atoms with Crippen LogP contribution in [0, 0.1) is 23.7 Å². The number of rotatable bonds is 20. The van der Waals surface area contributed by atoms with E-state index in [4.69, 9.17) is 18.8 Å². The van der Waals surface area contributed by atoms with Crippen LogP contribution in [0.1, 0.15) is 92.9 Å². The molecular formula is C32H50BO4. The van der Waals surface area contributed by atoms with E-state index >= 15 is 0 Å². The third-order valence-corrected chi connectivity index (χ3v) is 6.69. The van der Waals surface area contributed by atoms with Gasteiger partial charge in [-0.15, -0.1) is 0 Å². The largest absolute Gasteiger partial charge is 0.658 e. The van der Waals surface area contributed by atoms with Crippen molar-refractivity contribution in [1.29, 1.82) is 0 Å². The van der Waals surface area contributed by atoms with Gasteiger partial charge in [-0.05, 0) is 60.8 Å². The molecule has 1 radical (unpaired) electrons. The summed E-state index contributed by atoms with van der Waals surface area (Å²) in [4.78, 5) is 0. The van der Waals surface area contributed by atoms with E-state index < -0.39 is 0 Å². The summed E-state index contributed by atoms with van der Waals surface area (Å²) in [5.74, 6) is 5.92. The lowest BCUT2D eigenvalue weighted by atomic mass is 9.98. The highest BCUT2D eigenvalue weighted by atomic mass is 16.6. The van der Waals surface area contributed by atoms with Crippen molar-refractivity contribution < 1.29 is 18.8 Å². The van der Waals surface area contributed by atoms with Crippen LogP contribution < -0.4 is 18.8 Å². The van der Waals surface area contributed by atoms with E-state index in [-0.39, 0.29) is 0 Å². The quantitative estimate of drug-likeness (QED) is 0.167. The SMILES string of the molecule is CC(C)CCCC(C)CCOc1cccc(O[B]Oc2cccc(OCCC(C)CCCC(C)C)c2)c1. The molecule has 0 aliphatic carbocycles. The molecule has 0 heterocycles. The third-order valence-electron chi connectivity index (χ3n) is 6.69. The Kier molecular flexibility index (Phi) is 15.1. The smallest absolute Gasteiger partial charge is 0.526 e. The molecule has 2 aromatic carbocycles. The van der Waals surface area contributed by atoms with Crippen molar-refractivity contribution in [2.24, 2.45) is 23.7 Å². The second kappa shape index (κ2) is 18.0. The highest BCUT2D eigenvalue weighted by Gasteiger charge is 2.08. The number of benzene rings is 2. The molecule has 0 aromatic heterocycles. The van der Waals surface area contributed by atoms with Crippen molar-refractivity contribution in [2.75, 3.05) is 13.2 Å². The average molecular weight is 510 g/mol. The molecule has 2 rings (SSSR count). The van der Waals surface area contributed by atoms with E-state index in [1.165, 1.54) is 46.2 Å². The van der Waals surface area contributed by atoms with Crippen molar-refractivity contribution in [1.82, 2.24) is 0 Å². The molecule has 205 valence electrons. The summed E-state index contributed by atoms with van der Waals surface area (Å²) >= 11 is 0. The fourth-order valence-corrected chi connectivity index (χ4v) is 4.20. The Hall–Kier alpha value is -2.30. The van der Waals surface area contributed by atoms with Gasteiger partial charge in [0.1, 0.15) is 23.0 Å². The standard InChI is InChI=1S/C32H50BO4/c1-25(2)11-7-13-27(5)19-21-34-29-15-9-17-31(23-29)36-33-37-32-18-10-16-30(24-32)35-22-20-28(6)14-8-12-26(3)4/h9-10,15-18,23-28H,7-8,11-14,19-22H2,1-6H3. The predicted molar refractivity (Wildman–Crippen MR) is 156 cm³/mol. The van der Waals surface area contributed by atoms with E-state index in [2.05, 4.69) is 41.5 Å². The van der Waals surface area contributed by atoms with E-state index in [0.717, 1.165) is 49.4 Å². The van der Waals surface area contributed by atoms with Crippen molar-refractivity contribution in [2.45, 2.75) is 92.9 Å². The van der Waals surface area contributed by atoms with Gasteiger partial charge in [0.15, 0.2) is 0 Å². The van der Waals surface area contributed by atoms with Crippen molar-refractivity contribution in [3.8, 4) is 23.0 Å². The van der Waals surface area contributed by atoms with Gasteiger partial charge in [-0.1, -0.05) is 92.2 Å². The Labute approximate surface area is 227 Å². The molecular weight excluding hydrogens is 459 g/mol. The van der Waals surface area contributed by atoms with Gasteiger partial charge in [0.25, 0.3) is 0 Å². The molecule has 0 saturated carbocycles. The molecule has 5 heteroatoms. The molecule has 0 spiro atoms. The van der Waals surface area contributed by atoms with Gasteiger partial charge in [0.05, 0.1) is 13.2 Å². The van der Waals surface area contributed by atoms with E-state index in [9.17, 15) is 0 Å². The monoisotopic (exact) mass is 509 g/mol. The Bertz CT molecular complexity index is 785. The van der Waals surface area contributed by atoms with Gasteiger partial charge in [-0.2, -0.15) is 0 Å². The summed E-state index contributed by atoms with van der Waals surface area (Å²) in [5, 5.41) is 0. The maximum atomic E-state index is 5.96. The first-order valence-electron chi connectivity index (χ1n) is 14.4. The zero-order valence-corrected chi connectivity index (χ0v) is 24.2. The van der Waals surface area contributed by atoms with Gasteiger partial charge in [0, 0.05) is 12.1 Å². The van der Waals surface area contributed by atoms with Crippen LogP contribution >= 0.6 is 0 Å². The fourth-order valence-electron chi connectivity index (χ4n) is 4.20. The second-order valence-corrected chi connectivity index (χ2v) is 11.4. The fraction of sp³-hybridized carbons (Fsp3) is 0.625. The summed E-state index contributed by atoms with van der Waals surface area (Å²) in [6, 6.07) is 15.4. The van der Waals surface area contributed by atoms with Gasteiger partial charge < -0.3 is 18.8 Å². The lowest BCUT2D eigenvalue weighted by molar-refractivity contribution is 0.275. The van der Waals surface area contributed by atoms with Crippen molar-refractivity contribution in [3.05, 3.63) is 48.5 Å². The first kappa shape index (κ1) is 30.9. The zero-order chi connectivity index (χ0) is 26.9.